The van der Waals surface area contributed by atoms with E-state index in [1.165, 1.54) is 7.11 Å². The lowest BCUT2D eigenvalue weighted by Crippen LogP contribution is -2.33. The van der Waals surface area contributed by atoms with Gasteiger partial charge in [-0.15, -0.1) is 0 Å². The number of para-hydroxylation sites is 1. The number of aryl methyl sites for hydroxylation is 1. The lowest BCUT2D eigenvalue weighted by molar-refractivity contribution is -0.115. The number of ether oxygens (including phenoxy) is 2. The van der Waals surface area contributed by atoms with E-state index in [4.69, 9.17) is 9.47 Å². The molecule has 2 amide bonds. The molecule has 6 heteroatoms. The van der Waals surface area contributed by atoms with E-state index in [0.29, 0.717) is 23.7 Å². The van der Waals surface area contributed by atoms with Crippen LogP contribution in [0, 0.1) is 0 Å². The highest BCUT2D eigenvalue weighted by Crippen LogP contribution is 2.28. The highest BCUT2D eigenvalue weighted by Gasteiger charge is 2.13. The smallest absolute Gasteiger partial charge is 0.251 e. The molecule has 0 aliphatic heterocycles. The summed E-state index contributed by atoms with van der Waals surface area (Å²) in [5.41, 5.74) is 2.17. The second-order valence-corrected chi connectivity index (χ2v) is 5.71. The van der Waals surface area contributed by atoms with Crippen LogP contribution < -0.4 is 20.1 Å². The van der Waals surface area contributed by atoms with Gasteiger partial charge < -0.3 is 20.1 Å². The van der Waals surface area contributed by atoms with Crippen LogP contribution in [-0.4, -0.2) is 32.1 Å². The van der Waals surface area contributed by atoms with E-state index < -0.39 is 0 Å². The molecule has 0 unspecified atom stereocenters. The van der Waals surface area contributed by atoms with E-state index in [2.05, 4.69) is 17.2 Å². The number of amides is 2. The van der Waals surface area contributed by atoms with Crippen LogP contribution in [-0.2, 0) is 11.2 Å². The summed E-state index contributed by atoms with van der Waals surface area (Å²) in [5, 5.41) is 5.42. The van der Waals surface area contributed by atoms with Crippen molar-refractivity contribution in [1.29, 1.82) is 0 Å². The first kappa shape index (κ1) is 20.0. The zero-order chi connectivity index (χ0) is 19.6. The van der Waals surface area contributed by atoms with Crippen LogP contribution in [0.15, 0.2) is 55.1 Å². The van der Waals surface area contributed by atoms with Gasteiger partial charge >= 0.3 is 0 Å². The van der Waals surface area contributed by atoms with Crippen LogP contribution in [0.1, 0.15) is 22.8 Å². The molecule has 2 N–H and O–H groups in total. The van der Waals surface area contributed by atoms with Crippen LogP contribution in [0.3, 0.4) is 0 Å². The number of rotatable bonds is 9. The SMILES string of the molecule is C=CCOc1ccc(C(=O)NCC(=O)Nc2ccccc2CC)cc1OC. The van der Waals surface area contributed by atoms with Gasteiger partial charge in [0.2, 0.25) is 5.91 Å². The zero-order valence-electron chi connectivity index (χ0n) is 15.6. The quantitative estimate of drug-likeness (QED) is 0.667. The number of carbonyl (C=O) groups excluding carboxylic acids is 2. The summed E-state index contributed by atoms with van der Waals surface area (Å²) in [4.78, 5) is 24.4. The fourth-order valence-corrected chi connectivity index (χ4v) is 2.48. The van der Waals surface area contributed by atoms with E-state index in [1.807, 2.05) is 31.2 Å². The number of anilines is 1. The fourth-order valence-electron chi connectivity index (χ4n) is 2.48. The van der Waals surface area contributed by atoms with Crippen molar-refractivity contribution in [3.8, 4) is 11.5 Å². The lowest BCUT2D eigenvalue weighted by Gasteiger charge is -2.12. The van der Waals surface area contributed by atoms with Gasteiger partial charge in [0.15, 0.2) is 11.5 Å². The Kier molecular flexibility index (Phi) is 7.43. The molecule has 2 rings (SSSR count). The Morgan fingerprint density at radius 1 is 1.15 bits per heavy atom. The molecule has 0 aliphatic carbocycles. The topological polar surface area (TPSA) is 76.7 Å². The summed E-state index contributed by atoms with van der Waals surface area (Å²) in [7, 11) is 1.50. The molecule has 0 spiro atoms. The molecule has 0 fully saturated rings. The molecular formula is C21H24N2O4. The van der Waals surface area contributed by atoms with Crippen LogP contribution in [0.25, 0.3) is 0 Å². The molecule has 6 nitrogen and oxygen atoms in total. The summed E-state index contributed by atoms with van der Waals surface area (Å²) in [5.74, 6) is 0.290. The van der Waals surface area contributed by atoms with Gasteiger partial charge in [0.1, 0.15) is 6.61 Å². The molecule has 0 saturated heterocycles. The average molecular weight is 368 g/mol. The third kappa shape index (κ3) is 5.60. The lowest BCUT2D eigenvalue weighted by atomic mass is 10.1. The van der Waals surface area contributed by atoms with Crippen LogP contribution in [0.5, 0.6) is 11.5 Å². The Morgan fingerprint density at radius 3 is 2.63 bits per heavy atom. The molecule has 0 bridgehead atoms. The molecule has 142 valence electrons. The second-order valence-electron chi connectivity index (χ2n) is 5.71. The Labute approximate surface area is 159 Å². The number of methoxy groups -OCH3 is 1. The van der Waals surface area contributed by atoms with Crippen molar-refractivity contribution in [3.63, 3.8) is 0 Å². The number of hydrogen-bond acceptors (Lipinski definition) is 4. The van der Waals surface area contributed by atoms with Gasteiger partial charge in [0, 0.05) is 11.3 Å². The highest BCUT2D eigenvalue weighted by atomic mass is 16.5. The predicted molar refractivity (Wildman–Crippen MR) is 105 cm³/mol. The number of benzene rings is 2. The minimum atomic E-state index is -0.373. The molecule has 27 heavy (non-hydrogen) atoms. The van der Waals surface area contributed by atoms with Crippen LogP contribution >= 0.6 is 0 Å². The van der Waals surface area contributed by atoms with Crippen molar-refractivity contribution in [1.82, 2.24) is 5.32 Å². The minimum absolute atomic E-state index is 0.131. The van der Waals surface area contributed by atoms with Gasteiger partial charge in [-0.25, -0.2) is 0 Å². The number of carbonyl (C=O) groups is 2. The summed E-state index contributed by atoms with van der Waals surface area (Å²) >= 11 is 0. The van der Waals surface area contributed by atoms with Crippen molar-refractivity contribution in [2.24, 2.45) is 0 Å². The normalized spacial score (nSPS) is 10.0. The van der Waals surface area contributed by atoms with Crippen LogP contribution in [0.4, 0.5) is 5.69 Å². The van der Waals surface area contributed by atoms with E-state index in [1.54, 1.807) is 24.3 Å². The van der Waals surface area contributed by atoms with E-state index in [0.717, 1.165) is 17.7 Å². The van der Waals surface area contributed by atoms with Crippen molar-refractivity contribution in [3.05, 3.63) is 66.2 Å². The van der Waals surface area contributed by atoms with Crippen molar-refractivity contribution < 1.29 is 19.1 Å². The average Bonchev–Trinajstić information content (AvgIpc) is 2.70. The van der Waals surface area contributed by atoms with E-state index in [-0.39, 0.29) is 18.4 Å². The van der Waals surface area contributed by atoms with E-state index >= 15 is 0 Å². The zero-order valence-corrected chi connectivity index (χ0v) is 15.6. The molecule has 2 aromatic carbocycles. The standard InChI is InChI=1S/C21H24N2O4/c1-4-12-27-18-11-10-16(13-19(18)26-3)21(25)22-14-20(24)23-17-9-7-6-8-15(17)5-2/h4,6-11,13H,1,5,12,14H2,2-3H3,(H,22,25)(H,23,24). The third-order valence-corrected chi connectivity index (χ3v) is 3.86. The molecule has 0 aromatic heterocycles. The van der Waals surface area contributed by atoms with E-state index in [9.17, 15) is 9.59 Å². The summed E-state index contributed by atoms with van der Waals surface area (Å²) < 4.78 is 10.7. The maximum Gasteiger partial charge on any atom is 0.251 e. The van der Waals surface area contributed by atoms with Gasteiger partial charge in [0.25, 0.3) is 5.91 Å². The predicted octanol–water partition coefficient (Wildman–Crippen LogP) is 3.19. The first-order chi connectivity index (χ1) is 13.1. The van der Waals surface area contributed by atoms with Crippen LogP contribution in [0.2, 0.25) is 0 Å². The number of hydrogen-bond donors (Lipinski definition) is 2. The Morgan fingerprint density at radius 2 is 1.93 bits per heavy atom. The monoisotopic (exact) mass is 368 g/mol. The Hall–Kier alpha value is -3.28. The summed E-state index contributed by atoms with van der Waals surface area (Å²) in [6, 6.07) is 12.4. The van der Waals surface area contributed by atoms with Crippen molar-refractivity contribution in [2.45, 2.75) is 13.3 Å². The third-order valence-electron chi connectivity index (χ3n) is 3.86. The number of nitrogens with one attached hydrogen (secondary N) is 2. The molecule has 0 saturated carbocycles. The van der Waals surface area contributed by atoms with Crippen molar-refractivity contribution in [2.75, 3.05) is 25.6 Å². The van der Waals surface area contributed by atoms with Gasteiger partial charge in [-0.05, 0) is 36.2 Å². The first-order valence-corrected chi connectivity index (χ1v) is 8.66. The van der Waals surface area contributed by atoms with Gasteiger partial charge in [0.05, 0.1) is 13.7 Å². The molecule has 0 aliphatic rings. The molecule has 2 aromatic rings. The first-order valence-electron chi connectivity index (χ1n) is 8.66. The molecule has 0 heterocycles. The minimum Gasteiger partial charge on any atom is -0.493 e. The molecule has 0 atom stereocenters. The van der Waals surface area contributed by atoms with Gasteiger partial charge in [-0.2, -0.15) is 0 Å². The fraction of sp³-hybridized carbons (Fsp3) is 0.238. The molecular weight excluding hydrogens is 344 g/mol. The second kappa shape index (κ2) is 10.0. The van der Waals surface area contributed by atoms with Gasteiger partial charge in [-0.3, -0.25) is 9.59 Å². The largest absolute Gasteiger partial charge is 0.493 e. The highest BCUT2D eigenvalue weighted by molar-refractivity contribution is 5.99. The summed E-state index contributed by atoms with van der Waals surface area (Å²) in [6.07, 6.45) is 2.43. The maximum absolute atomic E-state index is 12.3. The maximum atomic E-state index is 12.3. The van der Waals surface area contributed by atoms with Gasteiger partial charge in [-0.1, -0.05) is 37.8 Å². The van der Waals surface area contributed by atoms with Crippen molar-refractivity contribution >= 4 is 17.5 Å². The Bertz CT molecular complexity index is 818. The Balaban J connectivity index is 1.96. The molecule has 0 radical (unpaired) electrons. The summed E-state index contributed by atoms with van der Waals surface area (Å²) in [6.45, 7) is 5.81.